The van der Waals surface area contributed by atoms with Crippen LogP contribution < -0.4 is 5.73 Å². The molecule has 0 spiro atoms. The van der Waals surface area contributed by atoms with Gasteiger partial charge >= 0.3 is 6.09 Å². The second kappa shape index (κ2) is 5.16. The van der Waals surface area contributed by atoms with Crippen LogP contribution in [-0.2, 0) is 4.74 Å². The minimum absolute atomic E-state index is 0.0637. The van der Waals surface area contributed by atoms with Gasteiger partial charge in [0.05, 0.1) is 12.5 Å². The van der Waals surface area contributed by atoms with E-state index in [4.69, 9.17) is 10.5 Å². The van der Waals surface area contributed by atoms with Crippen LogP contribution in [0.3, 0.4) is 0 Å². The van der Waals surface area contributed by atoms with Crippen molar-refractivity contribution in [3.8, 4) is 0 Å². The number of carbonyl (C=O) groups is 1. The van der Waals surface area contributed by atoms with Gasteiger partial charge in [0.2, 0.25) is 0 Å². The predicted molar refractivity (Wildman–Crippen MR) is 76.3 cm³/mol. The highest BCUT2D eigenvalue weighted by Crippen LogP contribution is 2.40. The van der Waals surface area contributed by atoms with E-state index in [-0.39, 0.29) is 6.54 Å². The van der Waals surface area contributed by atoms with Gasteiger partial charge in [-0.05, 0) is 38.5 Å². The summed E-state index contributed by atoms with van der Waals surface area (Å²) in [5.74, 6) is -4.02. The minimum Gasteiger partial charge on any atom is -0.444 e. The van der Waals surface area contributed by atoms with Crippen molar-refractivity contribution >= 4 is 11.8 Å². The molecule has 1 aliphatic heterocycles. The monoisotopic (exact) mass is 298 g/mol. The van der Waals surface area contributed by atoms with E-state index in [1.807, 2.05) is 0 Å². The van der Waals surface area contributed by atoms with Crippen molar-refractivity contribution in [2.24, 2.45) is 0 Å². The van der Waals surface area contributed by atoms with Crippen LogP contribution >= 0.6 is 0 Å². The Morgan fingerprint density at radius 2 is 1.90 bits per heavy atom. The van der Waals surface area contributed by atoms with Crippen molar-refractivity contribution in [3.63, 3.8) is 0 Å². The lowest BCUT2D eigenvalue weighted by atomic mass is 9.95. The number of amides is 1. The van der Waals surface area contributed by atoms with Crippen molar-refractivity contribution in [1.82, 2.24) is 4.90 Å². The second-order valence-corrected chi connectivity index (χ2v) is 6.34. The summed E-state index contributed by atoms with van der Waals surface area (Å²) in [7, 11) is 0. The molecule has 1 aliphatic rings. The van der Waals surface area contributed by atoms with E-state index in [9.17, 15) is 13.6 Å². The number of nitrogens with zero attached hydrogens (tertiary/aromatic N) is 1. The molecule has 0 radical (unpaired) electrons. The SMILES string of the molecule is CC(C)(C)OC(=O)N1CC(c2ccc(N)cc2)C(F)(F)C1. The smallest absolute Gasteiger partial charge is 0.410 e. The third-order valence-electron chi connectivity index (χ3n) is 3.30. The molecule has 0 aliphatic carbocycles. The van der Waals surface area contributed by atoms with Crippen LogP contribution in [-0.4, -0.2) is 35.6 Å². The average molecular weight is 298 g/mol. The number of likely N-dealkylation sites (tertiary alicyclic amines) is 1. The molecular weight excluding hydrogens is 278 g/mol. The first-order valence-electron chi connectivity index (χ1n) is 6.80. The molecule has 1 heterocycles. The van der Waals surface area contributed by atoms with Gasteiger partial charge in [-0.3, -0.25) is 0 Å². The van der Waals surface area contributed by atoms with Crippen LogP contribution in [0, 0.1) is 0 Å². The number of ether oxygens (including phenoxy) is 1. The summed E-state index contributed by atoms with van der Waals surface area (Å²) in [6.07, 6.45) is -0.708. The Labute approximate surface area is 122 Å². The average Bonchev–Trinajstić information content (AvgIpc) is 2.64. The Balaban J connectivity index is 2.15. The minimum atomic E-state index is -2.98. The van der Waals surface area contributed by atoms with Crippen LogP contribution in [0.25, 0.3) is 0 Å². The van der Waals surface area contributed by atoms with E-state index in [0.29, 0.717) is 11.3 Å². The fourth-order valence-corrected chi connectivity index (χ4v) is 2.33. The summed E-state index contributed by atoms with van der Waals surface area (Å²) in [5.41, 5.74) is 5.85. The van der Waals surface area contributed by atoms with Gasteiger partial charge in [-0.2, -0.15) is 0 Å². The molecule has 1 amide bonds. The second-order valence-electron chi connectivity index (χ2n) is 6.34. The Bertz CT molecular complexity index is 523. The van der Waals surface area contributed by atoms with Gasteiger partial charge in [0.25, 0.3) is 5.92 Å². The summed E-state index contributed by atoms with van der Waals surface area (Å²) in [4.78, 5) is 13.0. The molecule has 0 aromatic heterocycles. The molecule has 1 saturated heterocycles. The Morgan fingerprint density at radius 3 is 2.43 bits per heavy atom. The fraction of sp³-hybridized carbons (Fsp3) is 0.533. The molecule has 1 aromatic rings. The first-order chi connectivity index (χ1) is 9.58. The van der Waals surface area contributed by atoms with Crippen LogP contribution in [0.15, 0.2) is 24.3 Å². The van der Waals surface area contributed by atoms with Crippen molar-refractivity contribution in [2.45, 2.75) is 38.2 Å². The highest BCUT2D eigenvalue weighted by atomic mass is 19.3. The molecule has 0 bridgehead atoms. The van der Waals surface area contributed by atoms with Crippen LogP contribution in [0.4, 0.5) is 19.3 Å². The lowest BCUT2D eigenvalue weighted by molar-refractivity contribution is -0.0109. The standard InChI is InChI=1S/C15H20F2N2O2/c1-14(2,3)21-13(20)19-8-12(15(16,17)9-19)10-4-6-11(18)7-5-10/h4-7,12H,8-9,18H2,1-3H3. The number of nitrogens with two attached hydrogens (primary N) is 1. The zero-order chi connectivity index (χ0) is 15.8. The van der Waals surface area contributed by atoms with E-state index < -0.39 is 30.1 Å². The third-order valence-corrected chi connectivity index (χ3v) is 3.30. The largest absolute Gasteiger partial charge is 0.444 e. The molecule has 1 atom stereocenters. The molecular formula is C15H20F2N2O2. The van der Waals surface area contributed by atoms with Crippen molar-refractivity contribution < 1.29 is 18.3 Å². The van der Waals surface area contributed by atoms with Crippen molar-refractivity contribution in [3.05, 3.63) is 29.8 Å². The number of halogens is 2. The highest BCUT2D eigenvalue weighted by Gasteiger charge is 2.50. The molecule has 1 unspecified atom stereocenters. The normalized spacial score (nSPS) is 21.4. The molecule has 0 saturated carbocycles. The number of rotatable bonds is 1. The molecule has 2 N–H and O–H groups in total. The van der Waals surface area contributed by atoms with E-state index in [1.165, 1.54) is 0 Å². The first kappa shape index (κ1) is 15.5. The maximum absolute atomic E-state index is 14.2. The molecule has 116 valence electrons. The number of nitrogen functional groups attached to an aromatic ring is 1. The fourth-order valence-electron chi connectivity index (χ4n) is 2.33. The molecule has 1 fully saturated rings. The number of hydrogen-bond donors (Lipinski definition) is 1. The van der Waals surface area contributed by atoms with E-state index >= 15 is 0 Å². The summed E-state index contributed by atoms with van der Waals surface area (Å²) < 4.78 is 33.5. The van der Waals surface area contributed by atoms with Crippen LogP contribution in [0.5, 0.6) is 0 Å². The molecule has 6 heteroatoms. The molecule has 21 heavy (non-hydrogen) atoms. The zero-order valence-electron chi connectivity index (χ0n) is 12.4. The number of alkyl halides is 2. The Morgan fingerprint density at radius 1 is 1.33 bits per heavy atom. The van der Waals surface area contributed by atoms with Crippen molar-refractivity contribution in [1.29, 1.82) is 0 Å². The summed E-state index contributed by atoms with van der Waals surface area (Å²) in [5, 5.41) is 0. The maximum Gasteiger partial charge on any atom is 0.410 e. The third kappa shape index (κ3) is 3.62. The number of hydrogen-bond acceptors (Lipinski definition) is 3. The van der Waals surface area contributed by atoms with E-state index in [2.05, 4.69) is 0 Å². The first-order valence-corrected chi connectivity index (χ1v) is 6.80. The number of carbonyl (C=O) groups excluding carboxylic acids is 1. The van der Waals surface area contributed by atoms with Crippen LogP contribution in [0.1, 0.15) is 32.3 Å². The van der Waals surface area contributed by atoms with Gasteiger partial charge in [-0.1, -0.05) is 12.1 Å². The lowest BCUT2D eigenvalue weighted by Gasteiger charge is -2.24. The van der Waals surface area contributed by atoms with Gasteiger partial charge in [0, 0.05) is 12.2 Å². The van der Waals surface area contributed by atoms with Crippen LogP contribution in [0.2, 0.25) is 0 Å². The van der Waals surface area contributed by atoms with Gasteiger partial charge in [-0.25, -0.2) is 13.6 Å². The molecule has 2 rings (SSSR count). The number of anilines is 1. The van der Waals surface area contributed by atoms with Gasteiger partial charge in [0.1, 0.15) is 5.60 Å². The highest BCUT2D eigenvalue weighted by molar-refractivity contribution is 5.69. The quantitative estimate of drug-likeness (QED) is 0.810. The maximum atomic E-state index is 14.2. The Hall–Kier alpha value is -1.85. The molecule has 1 aromatic carbocycles. The van der Waals surface area contributed by atoms with E-state index in [1.54, 1.807) is 45.0 Å². The Kier molecular flexibility index (Phi) is 3.82. The van der Waals surface area contributed by atoms with Gasteiger partial charge in [0.15, 0.2) is 0 Å². The van der Waals surface area contributed by atoms with Gasteiger partial charge < -0.3 is 15.4 Å². The summed E-state index contributed by atoms with van der Waals surface area (Å²) in [6.45, 7) is 4.42. The predicted octanol–water partition coefficient (Wildman–Crippen LogP) is 3.24. The number of benzene rings is 1. The zero-order valence-corrected chi connectivity index (χ0v) is 12.4. The summed E-state index contributed by atoms with van der Waals surface area (Å²) in [6, 6.07) is 6.32. The van der Waals surface area contributed by atoms with E-state index in [0.717, 1.165) is 4.90 Å². The van der Waals surface area contributed by atoms with Gasteiger partial charge in [-0.15, -0.1) is 0 Å². The summed E-state index contributed by atoms with van der Waals surface area (Å²) >= 11 is 0. The van der Waals surface area contributed by atoms with Crippen molar-refractivity contribution in [2.75, 3.05) is 18.8 Å². The topological polar surface area (TPSA) is 55.6 Å². The lowest BCUT2D eigenvalue weighted by Crippen LogP contribution is -2.36. The molecule has 4 nitrogen and oxygen atoms in total.